The minimum atomic E-state index is -0.0970. The molecule has 0 aromatic heterocycles. The van der Waals surface area contributed by atoms with Crippen LogP contribution in [0.15, 0.2) is 29.3 Å². The number of nitrogens with one attached hydrogen (secondary N) is 3. The van der Waals surface area contributed by atoms with Crippen molar-refractivity contribution >= 4 is 41.5 Å². The highest BCUT2D eigenvalue weighted by atomic mass is 127. The molecule has 1 fully saturated rings. The van der Waals surface area contributed by atoms with Gasteiger partial charge in [0.05, 0.1) is 6.54 Å². The lowest BCUT2D eigenvalue weighted by molar-refractivity contribution is -0.114. The van der Waals surface area contributed by atoms with E-state index >= 15 is 0 Å². The summed E-state index contributed by atoms with van der Waals surface area (Å²) in [5.74, 6) is 2.04. The van der Waals surface area contributed by atoms with E-state index in [0.717, 1.165) is 37.0 Å². The summed E-state index contributed by atoms with van der Waals surface area (Å²) < 4.78 is 5.77. The van der Waals surface area contributed by atoms with Gasteiger partial charge in [0.15, 0.2) is 5.96 Å². The molecule has 2 rings (SSSR count). The van der Waals surface area contributed by atoms with Crippen molar-refractivity contribution in [1.82, 2.24) is 15.5 Å². The Morgan fingerprint density at radius 1 is 1.34 bits per heavy atom. The first-order valence-corrected chi connectivity index (χ1v) is 10.2. The number of benzene rings is 1. The topological polar surface area (TPSA) is 78.0 Å². The number of ether oxygens (including phenoxy) is 1. The SMILES string of the molecule is CCNC(=NCCOc1cccc(NC(C)=O)c1)NC1CN(C(C)C)CC1C.I. The van der Waals surface area contributed by atoms with Gasteiger partial charge in [-0.25, -0.2) is 4.99 Å². The largest absolute Gasteiger partial charge is 0.492 e. The number of hydrogen-bond acceptors (Lipinski definition) is 4. The zero-order valence-corrected chi connectivity index (χ0v) is 20.5. The Balaban J connectivity index is 0.00000420. The monoisotopic (exact) mass is 517 g/mol. The third kappa shape index (κ3) is 8.77. The molecule has 164 valence electrons. The molecule has 1 amide bonds. The van der Waals surface area contributed by atoms with Crippen molar-refractivity contribution in [3.8, 4) is 5.75 Å². The number of amides is 1. The number of hydrogen-bond donors (Lipinski definition) is 3. The maximum Gasteiger partial charge on any atom is 0.221 e. The molecule has 0 saturated carbocycles. The van der Waals surface area contributed by atoms with Crippen LogP contribution in [0.1, 0.15) is 34.6 Å². The van der Waals surface area contributed by atoms with Gasteiger partial charge in [0.1, 0.15) is 12.4 Å². The van der Waals surface area contributed by atoms with Crippen molar-refractivity contribution in [2.75, 3.05) is 38.1 Å². The number of likely N-dealkylation sites (tertiary alicyclic amines) is 1. The molecule has 3 N–H and O–H groups in total. The fourth-order valence-corrected chi connectivity index (χ4v) is 3.30. The van der Waals surface area contributed by atoms with Crippen LogP contribution >= 0.6 is 24.0 Å². The van der Waals surface area contributed by atoms with E-state index in [4.69, 9.17) is 4.74 Å². The van der Waals surface area contributed by atoms with Crippen molar-refractivity contribution < 1.29 is 9.53 Å². The molecule has 1 aromatic rings. The van der Waals surface area contributed by atoms with Gasteiger partial charge in [0.25, 0.3) is 0 Å². The number of carbonyl (C=O) groups excluding carboxylic acids is 1. The Kier molecular flexibility index (Phi) is 11.3. The van der Waals surface area contributed by atoms with Crippen LogP contribution in [0.4, 0.5) is 5.69 Å². The van der Waals surface area contributed by atoms with Crippen molar-refractivity contribution in [3.05, 3.63) is 24.3 Å². The molecule has 2 atom stereocenters. The highest BCUT2D eigenvalue weighted by molar-refractivity contribution is 14.0. The van der Waals surface area contributed by atoms with Crippen LogP contribution in [0.25, 0.3) is 0 Å². The van der Waals surface area contributed by atoms with Gasteiger partial charge in [0, 0.05) is 50.4 Å². The normalized spacial score (nSPS) is 19.6. The van der Waals surface area contributed by atoms with Crippen LogP contribution in [0.5, 0.6) is 5.75 Å². The Hall–Kier alpha value is -1.55. The van der Waals surface area contributed by atoms with Crippen LogP contribution < -0.4 is 20.7 Å². The lowest BCUT2D eigenvalue weighted by Gasteiger charge is -2.22. The molecule has 1 aromatic carbocycles. The second-order valence-electron chi connectivity index (χ2n) is 7.59. The van der Waals surface area contributed by atoms with Crippen LogP contribution in [0.2, 0.25) is 0 Å². The first-order valence-electron chi connectivity index (χ1n) is 10.2. The van der Waals surface area contributed by atoms with E-state index in [9.17, 15) is 4.79 Å². The lowest BCUT2D eigenvalue weighted by Crippen LogP contribution is -2.47. The van der Waals surface area contributed by atoms with Crippen molar-refractivity contribution in [3.63, 3.8) is 0 Å². The molecule has 1 aliphatic heterocycles. The minimum Gasteiger partial charge on any atom is -0.492 e. The molecule has 2 unspecified atom stereocenters. The highest BCUT2D eigenvalue weighted by Gasteiger charge is 2.31. The quantitative estimate of drug-likeness (QED) is 0.214. The molecule has 1 aliphatic rings. The average molecular weight is 517 g/mol. The predicted molar refractivity (Wildman–Crippen MR) is 130 cm³/mol. The molecule has 0 radical (unpaired) electrons. The van der Waals surface area contributed by atoms with Crippen molar-refractivity contribution in [2.45, 2.75) is 46.7 Å². The first-order chi connectivity index (χ1) is 13.4. The molecule has 1 heterocycles. The van der Waals surface area contributed by atoms with E-state index in [1.807, 2.05) is 24.3 Å². The molecule has 0 aliphatic carbocycles. The van der Waals surface area contributed by atoms with E-state index in [1.165, 1.54) is 6.92 Å². The molecule has 1 saturated heterocycles. The Morgan fingerprint density at radius 2 is 2.10 bits per heavy atom. The van der Waals surface area contributed by atoms with Crippen molar-refractivity contribution in [1.29, 1.82) is 0 Å². The smallest absolute Gasteiger partial charge is 0.221 e. The zero-order valence-electron chi connectivity index (χ0n) is 18.2. The maximum atomic E-state index is 11.2. The molecular weight excluding hydrogens is 481 g/mol. The molecule has 7 nitrogen and oxygen atoms in total. The van der Waals surface area contributed by atoms with E-state index in [1.54, 1.807) is 0 Å². The third-order valence-corrected chi connectivity index (χ3v) is 4.82. The minimum absolute atomic E-state index is 0. The summed E-state index contributed by atoms with van der Waals surface area (Å²) in [5.41, 5.74) is 0.730. The fourth-order valence-electron chi connectivity index (χ4n) is 3.30. The van der Waals surface area contributed by atoms with Gasteiger partial charge < -0.3 is 20.7 Å². The second kappa shape index (κ2) is 12.9. The summed E-state index contributed by atoms with van der Waals surface area (Å²) in [7, 11) is 0. The molecule has 0 bridgehead atoms. The van der Waals surface area contributed by atoms with E-state index in [2.05, 4.69) is 53.5 Å². The van der Waals surface area contributed by atoms with Gasteiger partial charge in [-0.05, 0) is 38.8 Å². The van der Waals surface area contributed by atoms with Crippen molar-refractivity contribution in [2.24, 2.45) is 10.9 Å². The number of carbonyl (C=O) groups is 1. The summed E-state index contributed by atoms with van der Waals surface area (Å²) in [4.78, 5) is 18.3. The number of aliphatic imine (C=N–C) groups is 1. The maximum absolute atomic E-state index is 11.2. The van der Waals surface area contributed by atoms with Crippen LogP contribution in [0.3, 0.4) is 0 Å². The zero-order chi connectivity index (χ0) is 20.5. The van der Waals surface area contributed by atoms with Crippen LogP contribution in [-0.2, 0) is 4.79 Å². The molecular formula is C21H36IN5O2. The van der Waals surface area contributed by atoms with E-state index in [-0.39, 0.29) is 29.9 Å². The highest BCUT2D eigenvalue weighted by Crippen LogP contribution is 2.19. The molecule has 8 heteroatoms. The standard InChI is InChI=1S/C21H35N5O2.HI/c1-6-22-21(25-20-14-26(15(2)3)13-16(20)4)23-10-11-28-19-9-7-8-18(12-19)24-17(5)27;/h7-9,12,15-16,20H,6,10-11,13-14H2,1-5H3,(H,24,27)(H2,22,23,25);1H. The number of halogens is 1. The molecule has 0 spiro atoms. The lowest BCUT2D eigenvalue weighted by atomic mass is 10.1. The summed E-state index contributed by atoms with van der Waals surface area (Å²) in [6.45, 7) is 14.3. The number of nitrogens with zero attached hydrogens (tertiary/aromatic N) is 2. The predicted octanol–water partition coefficient (Wildman–Crippen LogP) is 2.93. The number of anilines is 1. The summed E-state index contributed by atoms with van der Waals surface area (Å²) in [6.07, 6.45) is 0. The number of guanidine groups is 1. The van der Waals surface area contributed by atoms with E-state index < -0.39 is 0 Å². The average Bonchev–Trinajstić information content (AvgIpc) is 2.99. The van der Waals surface area contributed by atoms with Gasteiger partial charge in [-0.2, -0.15) is 0 Å². The van der Waals surface area contributed by atoms with Crippen LogP contribution in [-0.4, -0.2) is 61.6 Å². The van der Waals surface area contributed by atoms with Crippen LogP contribution in [0, 0.1) is 5.92 Å². The Labute approximate surface area is 192 Å². The number of rotatable bonds is 8. The summed E-state index contributed by atoms with van der Waals surface area (Å²) >= 11 is 0. The van der Waals surface area contributed by atoms with Gasteiger partial charge in [-0.3, -0.25) is 9.69 Å². The Morgan fingerprint density at radius 3 is 2.72 bits per heavy atom. The van der Waals surface area contributed by atoms with Gasteiger partial charge >= 0.3 is 0 Å². The first kappa shape index (κ1) is 25.5. The van der Waals surface area contributed by atoms with Gasteiger partial charge in [-0.15, -0.1) is 24.0 Å². The summed E-state index contributed by atoms with van der Waals surface area (Å²) in [6, 6.07) is 8.35. The summed E-state index contributed by atoms with van der Waals surface area (Å²) in [5, 5.41) is 9.65. The molecule has 29 heavy (non-hydrogen) atoms. The van der Waals surface area contributed by atoms with Gasteiger partial charge in [0.2, 0.25) is 5.91 Å². The van der Waals surface area contributed by atoms with Gasteiger partial charge in [-0.1, -0.05) is 13.0 Å². The second-order valence-corrected chi connectivity index (χ2v) is 7.59. The van der Waals surface area contributed by atoms with E-state index in [0.29, 0.717) is 31.2 Å². The Bertz CT molecular complexity index is 668. The third-order valence-electron chi connectivity index (χ3n) is 4.82. The fraction of sp³-hybridized carbons (Fsp3) is 0.619.